The van der Waals surface area contributed by atoms with Gasteiger partial charge in [0, 0.05) is 12.1 Å². The fourth-order valence-electron chi connectivity index (χ4n) is 3.73. The van der Waals surface area contributed by atoms with Gasteiger partial charge in [0.25, 0.3) is 0 Å². The lowest BCUT2D eigenvalue weighted by molar-refractivity contribution is 0.224. The first kappa shape index (κ1) is 11.4. The van der Waals surface area contributed by atoms with Crippen molar-refractivity contribution in [3.05, 3.63) is 0 Å². The van der Waals surface area contributed by atoms with Gasteiger partial charge in [-0.05, 0) is 57.3 Å². The van der Waals surface area contributed by atoms with Crippen LogP contribution >= 0.6 is 0 Å². The van der Waals surface area contributed by atoms with Crippen molar-refractivity contribution >= 4 is 0 Å². The van der Waals surface area contributed by atoms with E-state index in [-0.39, 0.29) is 12.6 Å². The number of aliphatic hydroxyl groups excluding tert-OH is 1. The molecule has 2 nitrogen and oxygen atoms in total. The number of fused-ring (bicyclic) bond motifs is 2. The maximum atomic E-state index is 8.99. The molecule has 0 saturated heterocycles. The SMILES string of the molecule is C[C@H](CO)N[C@@H](C)C[C@@H]1C[C@H]2CC[C@H]1C2. The Balaban J connectivity index is 1.72. The molecule has 0 aromatic rings. The van der Waals surface area contributed by atoms with Crippen molar-refractivity contribution in [3.8, 4) is 0 Å². The summed E-state index contributed by atoms with van der Waals surface area (Å²) in [7, 11) is 0. The molecule has 2 bridgehead atoms. The van der Waals surface area contributed by atoms with Gasteiger partial charge in [-0.25, -0.2) is 0 Å². The molecule has 88 valence electrons. The number of hydrogen-bond donors (Lipinski definition) is 2. The smallest absolute Gasteiger partial charge is 0.0582 e. The van der Waals surface area contributed by atoms with E-state index in [1.165, 1.54) is 32.1 Å². The second kappa shape index (κ2) is 4.84. The van der Waals surface area contributed by atoms with Gasteiger partial charge >= 0.3 is 0 Å². The Kier molecular flexibility index (Phi) is 3.68. The van der Waals surface area contributed by atoms with Crippen LogP contribution in [0.1, 0.15) is 46.0 Å². The van der Waals surface area contributed by atoms with E-state index in [0.29, 0.717) is 6.04 Å². The number of rotatable bonds is 5. The molecule has 0 aromatic heterocycles. The zero-order valence-corrected chi connectivity index (χ0v) is 10.1. The Morgan fingerprint density at radius 2 is 2.00 bits per heavy atom. The predicted molar refractivity (Wildman–Crippen MR) is 62.7 cm³/mol. The Bertz CT molecular complexity index is 207. The normalized spacial score (nSPS) is 38.2. The monoisotopic (exact) mass is 211 g/mol. The molecule has 2 saturated carbocycles. The van der Waals surface area contributed by atoms with E-state index in [2.05, 4.69) is 19.2 Å². The van der Waals surface area contributed by atoms with Crippen LogP contribution in [0.2, 0.25) is 0 Å². The molecule has 2 aliphatic carbocycles. The first-order valence-electron chi connectivity index (χ1n) is 6.56. The average molecular weight is 211 g/mol. The molecule has 2 heteroatoms. The molecular formula is C13H25NO. The number of hydrogen-bond acceptors (Lipinski definition) is 2. The summed E-state index contributed by atoms with van der Waals surface area (Å²) in [5.74, 6) is 3.06. The van der Waals surface area contributed by atoms with Gasteiger partial charge in [-0.3, -0.25) is 0 Å². The third kappa shape index (κ3) is 2.73. The van der Waals surface area contributed by atoms with Crippen molar-refractivity contribution in [3.63, 3.8) is 0 Å². The highest BCUT2D eigenvalue weighted by Gasteiger charge is 2.39. The van der Waals surface area contributed by atoms with Crippen LogP contribution in [0.25, 0.3) is 0 Å². The minimum absolute atomic E-state index is 0.249. The fourth-order valence-corrected chi connectivity index (χ4v) is 3.73. The molecule has 15 heavy (non-hydrogen) atoms. The summed E-state index contributed by atoms with van der Waals surface area (Å²) < 4.78 is 0. The van der Waals surface area contributed by atoms with Gasteiger partial charge in [0.05, 0.1) is 6.61 Å². The quantitative estimate of drug-likeness (QED) is 0.730. The van der Waals surface area contributed by atoms with Crippen molar-refractivity contribution in [2.24, 2.45) is 17.8 Å². The van der Waals surface area contributed by atoms with Crippen molar-refractivity contribution in [1.29, 1.82) is 0 Å². The highest BCUT2D eigenvalue weighted by atomic mass is 16.3. The summed E-state index contributed by atoms with van der Waals surface area (Å²) >= 11 is 0. The minimum Gasteiger partial charge on any atom is -0.395 e. The lowest BCUT2D eigenvalue weighted by Gasteiger charge is -2.26. The Labute approximate surface area is 93.5 Å². The first-order valence-corrected chi connectivity index (χ1v) is 6.56. The lowest BCUT2D eigenvalue weighted by Crippen LogP contribution is -2.38. The second-order valence-corrected chi connectivity index (χ2v) is 5.82. The second-order valence-electron chi connectivity index (χ2n) is 5.82. The lowest BCUT2D eigenvalue weighted by atomic mass is 9.84. The number of nitrogens with one attached hydrogen (secondary N) is 1. The Morgan fingerprint density at radius 3 is 2.53 bits per heavy atom. The zero-order chi connectivity index (χ0) is 10.8. The standard InChI is InChI=1S/C13H25NO/c1-9(14-10(2)8-15)5-13-7-11-3-4-12(13)6-11/h9-15H,3-8H2,1-2H3/t9-,10+,11-,12-,13+/m0/s1. The van der Waals surface area contributed by atoms with E-state index in [9.17, 15) is 0 Å². The minimum atomic E-state index is 0.249. The molecule has 0 heterocycles. The Morgan fingerprint density at radius 1 is 1.20 bits per heavy atom. The summed E-state index contributed by atoms with van der Waals surface area (Å²) in [6.07, 6.45) is 7.27. The third-order valence-electron chi connectivity index (χ3n) is 4.38. The van der Waals surface area contributed by atoms with Crippen LogP contribution in [0.5, 0.6) is 0 Å². The van der Waals surface area contributed by atoms with E-state index >= 15 is 0 Å². The topological polar surface area (TPSA) is 32.3 Å². The summed E-state index contributed by atoms with van der Waals surface area (Å²) in [5, 5.41) is 12.5. The van der Waals surface area contributed by atoms with Crippen LogP contribution in [-0.4, -0.2) is 23.8 Å². The van der Waals surface area contributed by atoms with Crippen LogP contribution in [0.4, 0.5) is 0 Å². The van der Waals surface area contributed by atoms with E-state index in [1.54, 1.807) is 0 Å². The molecule has 0 unspecified atom stereocenters. The molecule has 2 fully saturated rings. The highest BCUT2D eigenvalue weighted by Crippen LogP contribution is 2.49. The van der Waals surface area contributed by atoms with E-state index in [1.807, 2.05) is 0 Å². The molecule has 0 spiro atoms. The average Bonchev–Trinajstić information content (AvgIpc) is 2.78. The summed E-state index contributed by atoms with van der Waals surface area (Å²) in [6, 6.07) is 0.815. The van der Waals surface area contributed by atoms with Crippen molar-refractivity contribution in [2.75, 3.05) is 6.61 Å². The molecule has 0 aromatic carbocycles. The van der Waals surface area contributed by atoms with E-state index in [4.69, 9.17) is 5.11 Å². The van der Waals surface area contributed by atoms with Crippen molar-refractivity contribution < 1.29 is 5.11 Å². The fraction of sp³-hybridized carbons (Fsp3) is 1.00. The maximum Gasteiger partial charge on any atom is 0.0582 e. The van der Waals surface area contributed by atoms with Gasteiger partial charge in [-0.1, -0.05) is 6.42 Å². The van der Waals surface area contributed by atoms with Gasteiger partial charge in [0.1, 0.15) is 0 Å². The summed E-state index contributed by atoms with van der Waals surface area (Å²) in [5.41, 5.74) is 0. The van der Waals surface area contributed by atoms with Gasteiger partial charge in [0.2, 0.25) is 0 Å². The summed E-state index contributed by atoms with van der Waals surface area (Å²) in [6.45, 7) is 4.57. The predicted octanol–water partition coefficient (Wildman–Crippen LogP) is 2.17. The van der Waals surface area contributed by atoms with E-state index in [0.717, 1.165) is 17.8 Å². The third-order valence-corrected chi connectivity index (χ3v) is 4.38. The molecular weight excluding hydrogens is 186 g/mol. The van der Waals surface area contributed by atoms with Crippen LogP contribution < -0.4 is 5.32 Å². The zero-order valence-electron chi connectivity index (χ0n) is 10.1. The maximum absolute atomic E-state index is 8.99. The molecule has 0 radical (unpaired) electrons. The van der Waals surface area contributed by atoms with E-state index < -0.39 is 0 Å². The first-order chi connectivity index (χ1) is 7.19. The molecule has 0 amide bonds. The van der Waals surface area contributed by atoms with Gasteiger partial charge in [-0.15, -0.1) is 0 Å². The highest BCUT2D eigenvalue weighted by molar-refractivity contribution is 4.91. The van der Waals surface area contributed by atoms with Gasteiger partial charge in [0.15, 0.2) is 0 Å². The van der Waals surface area contributed by atoms with Crippen LogP contribution in [0.15, 0.2) is 0 Å². The molecule has 5 atom stereocenters. The van der Waals surface area contributed by atoms with Crippen molar-refractivity contribution in [2.45, 2.75) is 58.0 Å². The number of aliphatic hydroxyl groups is 1. The van der Waals surface area contributed by atoms with Crippen LogP contribution in [0, 0.1) is 17.8 Å². The molecule has 0 aliphatic heterocycles. The van der Waals surface area contributed by atoms with Gasteiger partial charge in [-0.2, -0.15) is 0 Å². The largest absolute Gasteiger partial charge is 0.395 e. The molecule has 2 N–H and O–H groups in total. The molecule has 2 rings (SSSR count). The van der Waals surface area contributed by atoms with Gasteiger partial charge < -0.3 is 10.4 Å². The summed E-state index contributed by atoms with van der Waals surface area (Å²) in [4.78, 5) is 0. The Hall–Kier alpha value is -0.0800. The molecule has 2 aliphatic rings. The van der Waals surface area contributed by atoms with Crippen molar-refractivity contribution in [1.82, 2.24) is 5.32 Å². The van der Waals surface area contributed by atoms with Crippen LogP contribution in [-0.2, 0) is 0 Å². The van der Waals surface area contributed by atoms with Crippen LogP contribution in [0.3, 0.4) is 0 Å².